The molecule has 1 heterocycles. The molecule has 1 rings (SSSR count). The molecule has 0 spiro atoms. The molecular weight excluding hydrogens is 468 g/mol. The molecule has 34 heavy (non-hydrogen) atoms. The number of aliphatic carboxylic acids is 2. The van der Waals surface area contributed by atoms with Crippen molar-refractivity contribution in [2.75, 3.05) is 5.75 Å². The normalized spacial score (nSPS) is 14.5. The number of imidazole rings is 1. The van der Waals surface area contributed by atoms with Crippen LogP contribution in [0.5, 0.6) is 0 Å². The maximum atomic E-state index is 13.0. The van der Waals surface area contributed by atoms with Crippen LogP contribution in [0.25, 0.3) is 0 Å². The van der Waals surface area contributed by atoms with E-state index in [4.69, 9.17) is 10.8 Å². The lowest BCUT2D eigenvalue weighted by atomic mass is 10.0. The molecule has 3 amide bonds. The maximum absolute atomic E-state index is 13.0. The highest BCUT2D eigenvalue weighted by molar-refractivity contribution is 7.80. The Kier molecular flexibility index (Phi) is 12.1. The summed E-state index contributed by atoms with van der Waals surface area (Å²) in [5.74, 6) is -4.69. The molecule has 0 saturated heterocycles. The van der Waals surface area contributed by atoms with Crippen molar-refractivity contribution in [1.82, 2.24) is 25.9 Å². The molecule has 0 aliphatic rings. The molecule has 0 fully saturated rings. The third-order valence-corrected chi connectivity index (χ3v) is 5.12. The Labute approximate surface area is 202 Å². The molecule has 0 saturated carbocycles. The van der Waals surface area contributed by atoms with Crippen LogP contribution in [0.3, 0.4) is 0 Å². The van der Waals surface area contributed by atoms with E-state index in [1.807, 2.05) is 13.8 Å². The molecule has 0 bridgehead atoms. The number of nitrogens with zero attached hydrogens (tertiary/aromatic N) is 1. The molecule has 14 heteroatoms. The summed E-state index contributed by atoms with van der Waals surface area (Å²) in [5.41, 5.74) is 6.25. The van der Waals surface area contributed by atoms with Gasteiger partial charge in [0.15, 0.2) is 0 Å². The van der Waals surface area contributed by atoms with Gasteiger partial charge in [-0.1, -0.05) is 13.8 Å². The Morgan fingerprint density at radius 3 is 2.12 bits per heavy atom. The van der Waals surface area contributed by atoms with Crippen molar-refractivity contribution >= 4 is 42.3 Å². The average Bonchev–Trinajstić information content (AvgIpc) is 3.26. The van der Waals surface area contributed by atoms with Crippen LogP contribution in [0.4, 0.5) is 0 Å². The Balaban J connectivity index is 2.99. The number of carbonyl (C=O) groups excluding carboxylic acids is 3. The lowest BCUT2D eigenvalue weighted by Crippen LogP contribution is -2.58. The van der Waals surface area contributed by atoms with Crippen LogP contribution in [0.2, 0.25) is 0 Å². The zero-order chi connectivity index (χ0) is 25.8. The first-order chi connectivity index (χ1) is 15.9. The molecule has 1 aromatic rings. The number of H-pyrrole nitrogens is 1. The topological polar surface area (TPSA) is 217 Å². The summed E-state index contributed by atoms with van der Waals surface area (Å²) in [6, 6.07) is -4.63. The van der Waals surface area contributed by atoms with Crippen molar-refractivity contribution < 1.29 is 34.2 Å². The number of hydrogen-bond donors (Lipinski definition) is 8. The third kappa shape index (κ3) is 10.2. The van der Waals surface area contributed by atoms with E-state index in [1.54, 1.807) is 0 Å². The number of hydrogen-bond acceptors (Lipinski definition) is 8. The molecule has 4 unspecified atom stereocenters. The number of carbonyl (C=O) groups is 5. The predicted molar refractivity (Wildman–Crippen MR) is 124 cm³/mol. The Morgan fingerprint density at radius 1 is 1.03 bits per heavy atom. The van der Waals surface area contributed by atoms with Gasteiger partial charge in [0, 0.05) is 30.5 Å². The van der Waals surface area contributed by atoms with Gasteiger partial charge in [0.05, 0.1) is 12.4 Å². The molecular formula is C20H32N6O7S. The van der Waals surface area contributed by atoms with Crippen LogP contribution in [0.15, 0.2) is 12.5 Å². The van der Waals surface area contributed by atoms with E-state index >= 15 is 0 Å². The highest BCUT2D eigenvalue weighted by Gasteiger charge is 2.31. The second kappa shape index (κ2) is 14.2. The predicted octanol–water partition coefficient (Wildman–Crippen LogP) is -1.34. The van der Waals surface area contributed by atoms with E-state index in [1.165, 1.54) is 12.5 Å². The third-order valence-electron chi connectivity index (χ3n) is 4.76. The summed E-state index contributed by atoms with van der Waals surface area (Å²) in [6.45, 7) is 3.66. The first-order valence-electron chi connectivity index (χ1n) is 10.6. The molecule has 8 N–H and O–H groups in total. The van der Waals surface area contributed by atoms with Crippen LogP contribution in [-0.2, 0) is 30.4 Å². The smallest absolute Gasteiger partial charge is 0.327 e. The van der Waals surface area contributed by atoms with Gasteiger partial charge in [-0.05, 0) is 18.8 Å². The summed E-state index contributed by atoms with van der Waals surface area (Å²) in [5, 5.41) is 25.4. The SMILES string of the molecule is CC(C)CC(NC(=O)C(N)CCC(=O)O)C(=O)NC(Cc1cnc[nH]1)C(=O)NC(CS)C(=O)O. The molecule has 0 aliphatic heterocycles. The van der Waals surface area contributed by atoms with E-state index < -0.39 is 53.8 Å². The number of aromatic nitrogens is 2. The van der Waals surface area contributed by atoms with Gasteiger partial charge in [-0.15, -0.1) is 0 Å². The fraction of sp³-hybridized carbons (Fsp3) is 0.600. The number of nitrogens with one attached hydrogen (secondary N) is 4. The van der Waals surface area contributed by atoms with Gasteiger partial charge in [0.1, 0.15) is 18.1 Å². The van der Waals surface area contributed by atoms with Crippen LogP contribution in [-0.4, -0.2) is 79.8 Å². The van der Waals surface area contributed by atoms with Crippen LogP contribution in [0, 0.1) is 5.92 Å². The Morgan fingerprint density at radius 2 is 1.62 bits per heavy atom. The molecule has 4 atom stereocenters. The van der Waals surface area contributed by atoms with Gasteiger partial charge >= 0.3 is 11.9 Å². The van der Waals surface area contributed by atoms with Crippen LogP contribution < -0.4 is 21.7 Å². The highest BCUT2D eigenvalue weighted by atomic mass is 32.1. The van der Waals surface area contributed by atoms with E-state index in [-0.39, 0.29) is 37.4 Å². The fourth-order valence-electron chi connectivity index (χ4n) is 2.95. The van der Waals surface area contributed by atoms with Crippen molar-refractivity contribution in [3.63, 3.8) is 0 Å². The number of rotatable bonds is 15. The quantitative estimate of drug-likeness (QED) is 0.133. The Bertz CT molecular complexity index is 848. The number of carboxylic acids is 2. The minimum atomic E-state index is -1.28. The van der Waals surface area contributed by atoms with Crippen molar-refractivity contribution in [2.24, 2.45) is 11.7 Å². The van der Waals surface area contributed by atoms with Crippen molar-refractivity contribution in [3.05, 3.63) is 18.2 Å². The van der Waals surface area contributed by atoms with Crippen molar-refractivity contribution in [2.45, 2.75) is 63.7 Å². The number of amides is 3. The van der Waals surface area contributed by atoms with Gasteiger partial charge in [-0.2, -0.15) is 12.6 Å². The standard InChI is InChI=1S/C20H32N6O7S/c1-10(2)5-13(24-17(29)12(21)3-4-16(27)28)18(30)25-14(6-11-7-22-9-23-11)19(31)26-15(8-34)20(32)33/h7,9-10,12-15,34H,3-6,8,21H2,1-2H3,(H,22,23)(H,24,29)(H,25,30)(H,26,31)(H,27,28)(H,32,33). The molecule has 0 aromatic carbocycles. The van der Waals surface area contributed by atoms with E-state index in [0.717, 1.165) is 0 Å². The van der Waals surface area contributed by atoms with Gasteiger partial charge in [0.25, 0.3) is 0 Å². The van der Waals surface area contributed by atoms with E-state index in [9.17, 15) is 29.1 Å². The summed E-state index contributed by atoms with van der Waals surface area (Å²) < 4.78 is 0. The molecule has 13 nitrogen and oxygen atoms in total. The fourth-order valence-corrected chi connectivity index (χ4v) is 3.19. The zero-order valence-electron chi connectivity index (χ0n) is 19.0. The minimum absolute atomic E-state index is 0.0169. The lowest BCUT2D eigenvalue weighted by Gasteiger charge is -2.25. The van der Waals surface area contributed by atoms with E-state index in [2.05, 4.69) is 38.5 Å². The number of aromatic amines is 1. The first kappa shape index (κ1) is 28.9. The summed E-state index contributed by atoms with van der Waals surface area (Å²) >= 11 is 3.92. The lowest BCUT2D eigenvalue weighted by molar-refractivity contribution is -0.141. The second-order valence-corrected chi connectivity index (χ2v) is 8.52. The van der Waals surface area contributed by atoms with Crippen molar-refractivity contribution in [3.8, 4) is 0 Å². The van der Waals surface area contributed by atoms with Crippen molar-refractivity contribution in [1.29, 1.82) is 0 Å². The van der Waals surface area contributed by atoms with Gasteiger partial charge in [-0.25, -0.2) is 9.78 Å². The average molecular weight is 501 g/mol. The minimum Gasteiger partial charge on any atom is -0.481 e. The molecule has 0 radical (unpaired) electrons. The first-order valence-corrected chi connectivity index (χ1v) is 11.3. The summed E-state index contributed by atoms with van der Waals surface area (Å²) in [4.78, 5) is 66.9. The zero-order valence-corrected chi connectivity index (χ0v) is 19.9. The molecule has 190 valence electrons. The number of carboxylic acid groups (broad SMARTS) is 2. The number of thiol groups is 1. The van der Waals surface area contributed by atoms with Gasteiger partial charge < -0.3 is 36.9 Å². The summed E-state index contributed by atoms with van der Waals surface area (Å²) in [7, 11) is 0. The largest absolute Gasteiger partial charge is 0.481 e. The highest BCUT2D eigenvalue weighted by Crippen LogP contribution is 2.08. The van der Waals surface area contributed by atoms with Gasteiger partial charge in [0.2, 0.25) is 17.7 Å². The maximum Gasteiger partial charge on any atom is 0.327 e. The van der Waals surface area contributed by atoms with Crippen LogP contribution in [0.1, 0.15) is 38.8 Å². The second-order valence-electron chi connectivity index (χ2n) is 8.15. The Hall–Kier alpha value is -3.13. The number of nitrogens with two attached hydrogens (primary N) is 1. The van der Waals surface area contributed by atoms with Crippen LogP contribution >= 0.6 is 12.6 Å². The summed E-state index contributed by atoms with van der Waals surface area (Å²) in [6.07, 6.45) is 2.63. The van der Waals surface area contributed by atoms with E-state index in [0.29, 0.717) is 5.69 Å². The molecule has 1 aromatic heterocycles. The van der Waals surface area contributed by atoms with Gasteiger partial charge in [-0.3, -0.25) is 19.2 Å². The molecule has 0 aliphatic carbocycles. The monoisotopic (exact) mass is 500 g/mol.